The number of aryl methyl sites for hydroxylation is 1. The molecule has 7 heteroatoms. The Morgan fingerprint density at radius 3 is 2.80 bits per heavy atom. The molecule has 25 heavy (non-hydrogen) atoms. The second kappa shape index (κ2) is 6.61. The molecule has 0 aliphatic heterocycles. The van der Waals surface area contributed by atoms with Crippen LogP contribution in [0.4, 0.5) is 11.4 Å². The highest BCUT2D eigenvalue weighted by molar-refractivity contribution is 5.76. The van der Waals surface area contributed by atoms with Gasteiger partial charge in [-0.2, -0.15) is 5.26 Å². The molecular weight excluding hydrogens is 318 g/mol. The van der Waals surface area contributed by atoms with Gasteiger partial charge in [0.05, 0.1) is 33.2 Å². The maximum atomic E-state index is 10.9. The van der Waals surface area contributed by atoms with Crippen molar-refractivity contribution in [3.05, 3.63) is 64.0 Å². The van der Waals surface area contributed by atoms with Gasteiger partial charge < -0.3 is 9.88 Å². The van der Waals surface area contributed by atoms with E-state index in [9.17, 15) is 15.4 Å². The van der Waals surface area contributed by atoms with Crippen LogP contribution in [-0.2, 0) is 6.54 Å². The highest BCUT2D eigenvalue weighted by Crippen LogP contribution is 2.27. The van der Waals surface area contributed by atoms with Gasteiger partial charge in [0.2, 0.25) is 0 Å². The molecule has 0 radical (unpaired) electrons. The van der Waals surface area contributed by atoms with Gasteiger partial charge in [-0.05, 0) is 32.0 Å². The van der Waals surface area contributed by atoms with Crippen molar-refractivity contribution in [2.45, 2.75) is 26.4 Å². The van der Waals surface area contributed by atoms with E-state index in [-0.39, 0.29) is 17.3 Å². The third kappa shape index (κ3) is 3.02. The van der Waals surface area contributed by atoms with Gasteiger partial charge in [-0.15, -0.1) is 0 Å². The molecule has 0 aliphatic carbocycles. The van der Waals surface area contributed by atoms with Crippen LogP contribution in [-0.4, -0.2) is 14.5 Å². The predicted octanol–water partition coefficient (Wildman–Crippen LogP) is 4.01. The van der Waals surface area contributed by atoms with E-state index in [1.807, 2.05) is 37.3 Å². The van der Waals surface area contributed by atoms with E-state index >= 15 is 0 Å². The standard InChI is InChI=1S/C18H17N5O2/c1-3-22-17-7-5-4-6-16(17)21-18(22)12(2)20-15-9-8-14(23(24)25)10-13(15)11-19/h4-10,12,20H,3H2,1-2H3. The minimum Gasteiger partial charge on any atom is -0.374 e. The van der Waals surface area contributed by atoms with Gasteiger partial charge >= 0.3 is 0 Å². The molecule has 0 saturated carbocycles. The normalized spacial score (nSPS) is 11.9. The van der Waals surface area contributed by atoms with Crippen LogP contribution in [0.25, 0.3) is 11.0 Å². The van der Waals surface area contributed by atoms with Crippen molar-refractivity contribution in [3.63, 3.8) is 0 Å². The van der Waals surface area contributed by atoms with Crippen molar-refractivity contribution in [1.82, 2.24) is 9.55 Å². The van der Waals surface area contributed by atoms with Crippen LogP contribution in [0, 0.1) is 21.4 Å². The molecule has 3 rings (SSSR count). The Bertz CT molecular complexity index is 987. The number of nitriles is 1. The predicted molar refractivity (Wildman–Crippen MR) is 95.3 cm³/mol. The Hall–Kier alpha value is -3.40. The SMILES string of the molecule is CCn1c(C(C)Nc2ccc([N+](=O)[O-])cc2C#N)nc2ccccc21. The van der Waals surface area contributed by atoms with Crippen LogP contribution >= 0.6 is 0 Å². The molecule has 0 bridgehead atoms. The maximum absolute atomic E-state index is 10.9. The smallest absolute Gasteiger partial charge is 0.270 e. The number of para-hydroxylation sites is 2. The number of anilines is 1. The highest BCUT2D eigenvalue weighted by atomic mass is 16.6. The van der Waals surface area contributed by atoms with Gasteiger partial charge in [0.1, 0.15) is 11.9 Å². The minimum absolute atomic E-state index is 0.101. The van der Waals surface area contributed by atoms with Crippen molar-refractivity contribution in [2.24, 2.45) is 0 Å². The number of rotatable bonds is 5. The molecule has 7 nitrogen and oxygen atoms in total. The third-order valence-corrected chi connectivity index (χ3v) is 4.09. The monoisotopic (exact) mass is 335 g/mol. The first-order valence-electron chi connectivity index (χ1n) is 7.95. The molecule has 3 aromatic rings. The molecule has 126 valence electrons. The summed E-state index contributed by atoms with van der Waals surface area (Å²) in [5.74, 6) is 0.853. The fraction of sp³-hybridized carbons (Fsp3) is 0.222. The summed E-state index contributed by atoms with van der Waals surface area (Å²) in [5, 5.41) is 23.4. The minimum atomic E-state index is -0.509. The van der Waals surface area contributed by atoms with Crippen LogP contribution in [0.5, 0.6) is 0 Å². The lowest BCUT2D eigenvalue weighted by Gasteiger charge is -2.17. The molecule has 2 aromatic carbocycles. The van der Waals surface area contributed by atoms with Crippen LogP contribution in [0.15, 0.2) is 42.5 Å². The van der Waals surface area contributed by atoms with Crippen LogP contribution in [0.1, 0.15) is 31.3 Å². The first-order valence-corrected chi connectivity index (χ1v) is 7.95. The Labute approximate surface area is 144 Å². The molecule has 1 heterocycles. The van der Waals surface area contributed by atoms with Crippen molar-refractivity contribution in [3.8, 4) is 6.07 Å². The van der Waals surface area contributed by atoms with E-state index in [0.717, 1.165) is 23.4 Å². The number of fused-ring (bicyclic) bond motifs is 1. The number of nitro groups is 1. The van der Waals surface area contributed by atoms with Gasteiger partial charge in [0, 0.05) is 18.7 Å². The van der Waals surface area contributed by atoms with Gasteiger partial charge in [-0.3, -0.25) is 10.1 Å². The second-order valence-electron chi connectivity index (χ2n) is 5.67. The topological polar surface area (TPSA) is 96.8 Å². The van der Waals surface area contributed by atoms with Crippen molar-refractivity contribution >= 4 is 22.4 Å². The fourth-order valence-electron chi connectivity index (χ4n) is 2.92. The van der Waals surface area contributed by atoms with Crippen LogP contribution in [0.3, 0.4) is 0 Å². The highest BCUT2D eigenvalue weighted by Gasteiger charge is 2.18. The summed E-state index contributed by atoms with van der Waals surface area (Å²) in [4.78, 5) is 15.1. The largest absolute Gasteiger partial charge is 0.374 e. The molecule has 1 atom stereocenters. The molecule has 1 aromatic heterocycles. The summed E-state index contributed by atoms with van der Waals surface area (Å²) < 4.78 is 2.12. The number of nitrogens with zero attached hydrogens (tertiary/aromatic N) is 4. The summed E-state index contributed by atoms with van der Waals surface area (Å²) in [6.45, 7) is 4.78. The van der Waals surface area contributed by atoms with Gasteiger partial charge in [-0.1, -0.05) is 12.1 Å². The lowest BCUT2D eigenvalue weighted by molar-refractivity contribution is -0.384. The molecule has 0 saturated heterocycles. The molecule has 0 spiro atoms. The second-order valence-corrected chi connectivity index (χ2v) is 5.67. The number of benzene rings is 2. The lowest BCUT2D eigenvalue weighted by Crippen LogP contribution is -2.14. The Morgan fingerprint density at radius 2 is 2.12 bits per heavy atom. The molecule has 1 unspecified atom stereocenters. The van der Waals surface area contributed by atoms with Crippen molar-refractivity contribution in [1.29, 1.82) is 5.26 Å². The first kappa shape index (κ1) is 16.5. The Kier molecular flexibility index (Phi) is 4.35. The number of aromatic nitrogens is 2. The molecule has 0 aliphatic rings. The Morgan fingerprint density at radius 1 is 1.36 bits per heavy atom. The summed E-state index contributed by atoms with van der Waals surface area (Å²) in [6.07, 6.45) is 0. The number of nitro benzene ring substituents is 1. The molecule has 0 amide bonds. The number of non-ortho nitro benzene ring substituents is 1. The fourth-order valence-corrected chi connectivity index (χ4v) is 2.92. The van der Waals surface area contributed by atoms with Crippen molar-refractivity contribution < 1.29 is 4.92 Å². The van der Waals surface area contributed by atoms with Gasteiger partial charge in [-0.25, -0.2) is 4.98 Å². The number of imidazole rings is 1. The van der Waals surface area contributed by atoms with Crippen LogP contribution < -0.4 is 5.32 Å². The summed E-state index contributed by atoms with van der Waals surface area (Å²) in [7, 11) is 0. The lowest BCUT2D eigenvalue weighted by atomic mass is 10.1. The van der Waals surface area contributed by atoms with E-state index in [0.29, 0.717) is 5.69 Å². The zero-order valence-electron chi connectivity index (χ0n) is 13.9. The molecule has 1 N–H and O–H groups in total. The van der Waals surface area contributed by atoms with E-state index in [4.69, 9.17) is 4.98 Å². The quantitative estimate of drug-likeness (QED) is 0.561. The maximum Gasteiger partial charge on any atom is 0.270 e. The van der Waals surface area contributed by atoms with E-state index in [1.54, 1.807) is 6.07 Å². The van der Waals surface area contributed by atoms with Gasteiger partial charge in [0.15, 0.2) is 0 Å². The average Bonchev–Trinajstić information content (AvgIpc) is 3.00. The number of nitrogens with one attached hydrogen (secondary N) is 1. The average molecular weight is 335 g/mol. The van der Waals surface area contributed by atoms with Gasteiger partial charge in [0.25, 0.3) is 5.69 Å². The zero-order chi connectivity index (χ0) is 18.0. The van der Waals surface area contributed by atoms with E-state index in [1.165, 1.54) is 12.1 Å². The molecular formula is C18H17N5O2. The molecule has 0 fully saturated rings. The summed E-state index contributed by atoms with van der Waals surface area (Å²) >= 11 is 0. The van der Waals surface area contributed by atoms with Crippen molar-refractivity contribution in [2.75, 3.05) is 5.32 Å². The van der Waals surface area contributed by atoms with Crippen LogP contribution in [0.2, 0.25) is 0 Å². The first-order chi connectivity index (χ1) is 12.0. The summed E-state index contributed by atoms with van der Waals surface area (Å²) in [5.41, 5.74) is 2.65. The Balaban J connectivity index is 1.97. The zero-order valence-corrected chi connectivity index (χ0v) is 13.9. The summed E-state index contributed by atoms with van der Waals surface area (Å²) in [6, 6.07) is 14.0. The number of hydrogen-bond donors (Lipinski definition) is 1. The third-order valence-electron chi connectivity index (χ3n) is 4.09. The van der Waals surface area contributed by atoms with E-state index < -0.39 is 4.92 Å². The number of hydrogen-bond acceptors (Lipinski definition) is 5. The van der Waals surface area contributed by atoms with E-state index in [2.05, 4.69) is 16.8 Å².